The van der Waals surface area contributed by atoms with Crippen LogP contribution in [0.4, 0.5) is 11.4 Å². The molecule has 0 fully saturated rings. The molecule has 0 aliphatic heterocycles. The van der Waals surface area contributed by atoms with Gasteiger partial charge in [-0.1, -0.05) is 42.5 Å². The van der Waals surface area contributed by atoms with Crippen LogP contribution in [0.3, 0.4) is 0 Å². The van der Waals surface area contributed by atoms with Crippen LogP contribution in [0, 0.1) is 5.92 Å². The third kappa shape index (κ3) is 5.74. The number of anilines is 2. The molecule has 0 saturated carbocycles. The highest BCUT2D eigenvalue weighted by molar-refractivity contribution is 6.10. The molecule has 6 N–H and O–H groups in total. The Morgan fingerprint density at radius 1 is 0.900 bits per heavy atom. The van der Waals surface area contributed by atoms with Crippen molar-refractivity contribution in [2.24, 2.45) is 11.8 Å². The van der Waals surface area contributed by atoms with Crippen molar-refractivity contribution in [1.82, 2.24) is 15.0 Å². The first-order chi connectivity index (χ1) is 19.4. The van der Waals surface area contributed by atoms with Crippen molar-refractivity contribution in [2.75, 3.05) is 11.1 Å². The van der Waals surface area contributed by atoms with Gasteiger partial charge in [-0.2, -0.15) is 0 Å². The molecule has 1 atom stereocenters. The van der Waals surface area contributed by atoms with Gasteiger partial charge in [0.25, 0.3) is 5.91 Å². The second kappa shape index (κ2) is 11.6. The van der Waals surface area contributed by atoms with E-state index >= 15 is 0 Å². The number of benzene rings is 3. The molecule has 0 radical (unpaired) electrons. The smallest absolute Gasteiger partial charge is 0.255 e. The number of aromatic nitrogens is 2. The molecule has 2 amide bonds. The zero-order valence-corrected chi connectivity index (χ0v) is 21.6. The number of H-pyrrole nitrogens is 1. The highest BCUT2D eigenvalue weighted by Gasteiger charge is 2.32. The molecule has 5 rings (SSSR count). The fraction of sp³-hybridized carbons (Fsp3) is 0.0968. The summed E-state index contributed by atoms with van der Waals surface area (Å²) in [6.45, 7) is 0.0526. The summed E-state index contributed by atoms with van der Waals surface area (Å²) >= 11 is 0. The van der Waals surface area contributed by atoms with Gasteiger partial charge >= 0.3 is 0 Å². The summed E-state index contributed by atoms with van der Waals surface area (Å²) in [5.74, 6) is 4.01. The molecular weight excluding hydrogens is 504 g/mol. The lowest BCUT2D eigenvalue weighted by molar-refractivity contribution is -0.134. The van der Waals surface area contributed by atoms with Crippen LogP contribution in [0.5, 0.6) is 0 Å². The van der Waals surface area contributed by atoms with Gasteiger partial charge in [0.15, 0.2) is 5.78 Å². The summed E-state index contributed by atoms with van der Waals surface area (Å²) < 4.78 is 0. The van der Waals surface area contributed by atoms with E-state index in [1.54, 1.807) is 66.9 Å². The molecule has 5 aromatic rings. The minimum absolute atomic E-state index is 0.0526. The zero-order chi connectivity index (χ0) is 28.1. The lowest BCUT2D eigenvalue weighted by Crippen LogP contribution is -2.44. The number of ketones is 1. The monoisotopic (exact) mass is 532 g/mol. The number of amides is 2. The number of nitrogens with one attached hydrogen (secondary N) is 2. The summed E-state index contributed by atoms with van der Waals surface area (Å²) in [6, 6.07) is 24.7. The molecule has 9 heteroatoms. The molecule has 0 aliphatic rings. The number of Topliss-reactive ketones (excluding diaryl/α,β-unsaturated/α-hetero) is 1. The number of nitrogens with two attached hydrogens (primary N) is 2. The predicted molar refractivity (Wildman–Crippen MR) is 154 cm³/mol. The maximum atomic E-state index is 13.6. The van der Waals surface area contributed by atoms with Crippen molar-refractivity contribution in [3.05, 3.63) is 126 Å². The fourth-order valence-corrected chi connectivity index (χ4v) is 4.56. The number of nitrogen functional groups attached to an aromatic ring is 1. The highest BCUT2D eigenvalue weighted by atomic mass is 16.2. The molecule has 0 bridgehead atoms. The van der Waals surface area contributed by atoms with Gasteiger partial charge in [-0.05, 0) is 60.0 Å². The third-order valence-electron chi connectivity index (χ3n) is 6.72. The number of hydrazine groups is 1. The number of rotatable bonds is 9. The average Bonchev–Trinajstić information content (AvgIpc) is 3.40. The maximum Gasteiger partial charge on any atom is 0.255 e. The van der Waals surface area contributed by atoms with E-state index in [9.17, 15) is 14.4 Å². The largest absolute Gasteiger partial charge is 0.397 e. The van der Waals surface area contributed by atoms with Gasteiger partial charge in [0.2, 0.25) is 5.91 Å². The summed E-state index contributed by atoms with van der Waals surface area (Å²) in [4.78, 5) is 47.0. The average molecular weight is 533 g/mol. The SMILES string of the molecule is Nc1ccccc1NC(=O)c1ccc(CN(N)C(=O)C(Cc2c[nH]c3ccccc23)C(=O)c2cccnc2)cc1. The normalized spacial score (nSPS) is 11.6. The minimum Gasteiger partial charge on any atom is -0.397 e. The molecule has 200 valence electrons. The zero-order valence-electron chi connectivity index (χ0n) is 21.6. The van der Waals surface area contributed by atoms with Gasteiger partial charge in [-0.25, -0.2) is 5.84 Å². The number of para-hydroxylation sites is 3. The van der Waals surface area contributed by atoms with E-state index in [2.05, 4.69) is 15.3 Å². The Bertz CT molecular complexity index is 1660. The number of carbonyl (C=O) groups is 3. The van der Waals surface area contributed by atoms with Gasteiger partial charge in [-0.15, -0.1) is 0 Å². The maximum absolute atomic E-state index is 13.6. The fourth-order valence-electron chi connectivity index (χ4n) is 4.56. The number of nitrogens with zero attached hydrogens (tertiary/aromatic N) is 2. The van der Waals surface area contributed by atoms with E-state index in [1.807, 2.05) is 30.5 Å². The van der Waals surface area contributed by atoms with Crippen LogP contribution >= 0.6 is 0 Å². The van der Waals surface area contributed by atoms with Crippen LogP contribution in [-0.2, 0) is 17.8 Å². The van der Waals surface area contributed by atoms with Gasteiger partial charge in [-0.3, -0.25) is 24.4 Å². The van der Waals surface area contributed by atoms with Crippen molar-refractivity contribution in [3.8, 4) is 0 Å². The van der Waals surface area contributed by atoms with Gasteiger partial charge < -0.3 is 16.0 Å². The van der Waals surface area contributed by atoms with Gasteiger partial charge in [0.05, 0.1) is 17.9 Å². The van der Waals surface area contributed by atoms with Crippen LogP contribution < -0.4 is 16.9 Å². The van der Waals surface area contributed by atoms with Crippen molar-refractivity contribution in [3.63, 3.8) is 0 Å². The Hall–Kier alpha value is -5.28. The molecule has 3 aromatic carbocycles. The van der Waals surface area contributed by atoms with Crippen molar-refractivity contribution < 1.29 is 14.4 Å². The van der Waals surface area contributed by atoms with E-state index in [0.29, 0.717) is 28.1 Å². The molecule has 2 heterocycles. The molecule has 40 heavy (non-hydrogen) atoms. The van der Waals surface area contributed by atoms with Gasteiger partial charge in [0.1, 0.15) is 5.92 Å². The summed E-state index contributed by atoms with van der Waals surface area (Å²) in [6.07, 6.45) is 5.01. The topological polar surface area (TPSA) is 147 Å². The van der Waals surface area contributed by atoms with E-state index in [0.717, 1.165) is 21.5 Å². The number of hydrogen-bond acceptors (Lipinski definition) is 6. The number of carbonyl (C=O) groups excluding carboxylic acids is 3. The molecule has 2 aromatic heterocycles. The molecule has 0 spiro atoms. The lowest BCUT2D eigenvalue weighted by atomic mass is 9.90. The van der Waals surface area contributed by atoms with Gasteiger partial charge in [0, 0.05) is 40.6 Å². The number of hydrogen-bond donors (Lipinski definition) is 4. The second-order valence-electron chi connectivity index (χ2n) is 9.43. The first-order valence-corrected chi connectivity index (χ1v) is 12.7. The van der Waals surface area contributed by atoms with Crippen LogP contribution in [0.15, 0.2) is 104 Å². The number of aromatic amines is 1. The van der Waals surface area contributed by atoms with Crippen LogP contribution in [-0.4, -0.2) is 32.6 Å². The Labute approximate surface area is 230 Å². The Morgan fingerprint density at radius 3 is 2.40 bits per heavy atom. The summed E-state index contributed by atoms with van der Waals surface area (Å²) in [5.41, 5.74) is 10.1. The summed E-state index contributed by atoms with van der Waals surface area (Å²) in [7, 11) is 0. The van der Waals surface area contributed by atoms with E-state index in [4.69, 9.17) is 11.6 Å². The molecular formula is C31H28N6O3. The standard InChI is InChI=1S/C31H28N6O3/c32-26-8-2-4-10-28(26)36-30(39)21-13-11-20(12-14-21)19-37(33)31(40)25(29(38)22-6-5-15-34-17-22)16-23-18-35-27-9-3-1-7-24(23)27/h1-15,17-18,25,35H,16,19,32-33H2,(H,36,39). The number of pyridine rings is 1. The first-order valence-electron chi connectivity index (χ1n) is 12.7. The quantitative estimate of drug-likeness (QED) is 0.0554. The molecule has 9 nitrogen and oxygen atoms in total. The van der Waals surface area contributed by atoms with Crippen LogP contribution in [0.2, 0.25) is 0 Å². The Morgan fingerprint density at radius 2 is 1.65 bits per heavy atom. The Kier molecular flexibility index (Phi) is 7.65. The molecule has 0 saturated heterocycles. The van der Waals surface area contributed by atoms with Crippen molar-refractivity contribution in [1.29, 1.82) is 0 Å². The minimum atomic E-state index is -1.05. The predicted octanol–water partition coefficient (Wildman–Crippen LogP) is 4.34. The lowest BCUT2D eigenvalue weighted by Gasteiger charge is -2.23. The van der Waals surface area contributed by atoms with Crippen LogP contribution in [0.25, 0.3) is 10.9 Å². The first kappa shape index (κ1) is 26.3. The van der Waals surface area contributed by atoms with E-state index < -0.39 is 11.8 Å². The number of fused-ring (bicyclic) bond motifs is 1. The second-order valence-corrected chi connectivity index (χ2v) is 9.43. The third-order valence-corrected chi connectivity index (χ3v) is 6.72. The van der Waals surface area contributed by atoms with E-state index in [1.165, 1.54) is 6.20 Å². The van der Waals surface area contributed by atoms with Crippen molar-refractivity contribution >= 4 is 39.9 Å². The molecule has 0 aliphatic carbocycles. The highest BCUT2D eigenvalue weighted by Crippen LogP contribution is 2.24. The van der Waals surface area contributed by atoms with Crippen LogP contribution in [0.1, 0.15) is 31.8 Å². The summed E-state index contributed by atoms with van der Waals surface area (Å²) in [5, 5.41) is 4.77. The molecule has 1 unspecified atom stereocenters. The van der Waals surface area contributed by atoms with E-state index in [-0.39, 0.29) is 24.7 Å². The van der Waals surface area contributed by atoms with Crippen molar-refractivity contribution in [2.45, 2.75) is 13.0 Å². The Balaban J connectivity index is 1.32.